The molecule has 1 unspecified atom stereocenters. The number of hydrogen-bond donors (Lipinski definition) is 0. The van der Waals surface area contributed by atoms with E-state index < -0.39 is 7.80 Å². The lowest BCUT2D eigenvalue weighted by Gasteiger charge is -2.08. The minimum absolute atomic E-state index is 0. The number of halogens is 2. The smallest absolute Gasteiger partial charge is 0.146 e. The largest absolute Gasteiger partial charge is 0.317 e. The van der Waals surface area contributed by atoms with Gasteiger partial charge in [0.1, 0.15) is 25.2 Å². The number of benzene rings is 3. The van der Waals surface area contributed by atoms with Crippen molar-refractivity contribution in [2.75, 3.05) is 0 Å². The van der Waals surface area contributed by atoms with Gasteiger partial charge in [-0.1, -0.05) is 86.5 Å². The van der Waals surface area contributed by atoms with Crippen molar-refractivity contribution in [1.82, 2.24) is 0 Å². The number of rotatable bonds is 7. The van der Waals surface area contributed by atoms with Crippen molar-refractivity contribution >= 4 is 67.6 Å². The van der Waals surface area contributed by atoms with E-state index in [1.807, 2.05) is 42.5 Å². The molecule has 0 fully saturated rings. The van der Waals surface area contributed by atoms with E-state index >= 15 is 0 Å². The third-order valence-electron chi connectivity index (χ3n) is 4.77. The van der Waals surface area contributed by atoms with E-state index in [4.69, 9.17) is 0 Å². The topological polar surface area (TPSA) is 17.1 Å². The first-order valence-electron chi connectivity index (χ1n) is 9.18. The fraction of sp³-hybridized carbons (Fsp3) is 0.217. The Labute approximate surface area is 196 Å². The number of unbranched alkanes of at least 4 members (excludes halogenated alkanes) is 1. The zero-order chi connectivity index (χ0) is 19.2. The second kappa shape index (κ2) is 11.5. The molecule has 1 atom stereocenters. The van der Waals surface area contributed by atoms with Gasteiger partial charge in [-0.15, -0.1) is 0 Å². The van der Waals surface area contributed by atoms with Gasteiger partial charge in [0.2, 0.25) is 0 Å². The summed E-state index contributed by atoms with van der Waals surface area (Å²) in [7, 11) is -1.89. The minimum atomic E-state index is -1.89. The summed E-state index contributed by atoms with van der Waals surface area (Å²) in [5.41, 5.74) is 3.91. The molecule has 0 aromatic heterocycles. The molecule has 145 valence electrons. The summed E-state index contributed by atoms with van der Waals surface area (Å²) in [6.07, 6.45) is 4.44. The molecule has 5 heteroatoms. The van der Waals surface area contributed by atoms with Crippen molar-refractivity contribution in [3.63, 3.8) is 0 Å². The van der Waals surface area contributed by atoms with Crippen LogP contribution < -0.4 is 10.6 Å². The van der Waals surface area contributed by atoms with Gasteiger partial charge in [0, 0.05) is 19.6 Å². The summed E-state index contributed by atoms with van der Waals surface area (Å²) in [4.78, 5) is 0. The quantitative estimate of drug-likeness (QED) is 0.216. The lowest BCUT2D eigenvalue weighted by molar-refractivity contribution is 0.598. The molecule has 1 radical (unpaired) electrons. The van der Waals surface area contributed by atoms with Crippen molar-refractivity contribution in [3.8, 4) is 0 Å². The van der Waals surface area contributed by atoms with Gasteiger partial charge < -0.3 is 4.57 Å². The molecule has 0 aliphatic rings. The summed E-state index contributed by atoms with van der Waals surface area (Å²) in [6.45, 7) is 2.11. The van der Waals surface area contributed by atoms with Gasteiger partial charge in [0.15, 0.2) is 0 Å². The third-order valence-corrected chi connectivity index (χ3v) is 8.14. The summed E-state index contributed by atoms with van der Waals surface area (Å²) in [5, 5.41) is 1.86. The summed E-state index contributed by atoms with van der Waals surface area (Å²) in [6, 6.07) is 22.5. The van der Waals surface area contributed by atoms with E-state index in [0.717, 1.165) is 45.2 Å². The lowest BCUT2D eigenvalue weighted by atomic mass is 10.0. The van der Waals surface area contributed by atoms with Crippen LogP contribution in [0.25, 0.3) is 0 Å². The zero-order valence-electron chi connectivity index (χ0n) is 16.3. The van der Waals surface area contributed by atoms with Gasteiger partial charge in [-0.25, -0.2) is 0 Å². The maximum Gasteiger partial charge on any atom is 0.146 e. The highest BCUT2D eigenvalue weighted by Gasteiger charge is 2.06. The normalized spacial score (nSPS) is 11.7. The van der Waals surface area contributed by atoms with Crippen LogP contribution in [0.4, 0.5) is 0 Å². The second-order valence-electron chi connectivity index (χ2n) is 6.78. The SMILES string of the molecule is Cc1c(Br)cc(CCCCc2ccc([PH](=O)c3ccccc3)cc2)cc1Br.[AlH2]. The Morgan fingerprint density at radius 1 is 0.750 bits per heavy atom. The van der Waals surface area contributed by atoms with Gasteiger partial charge >= 0.3 is 0 Å². The van der Waals surface area contributed by atoms with Crippen LogP contribution in [0.2, 0.25) is 0 Å². The Balaban J connectivity index is 0.00000280. The molecule has 0 aliphatic heterocycles. The van der Waals surface area contributed by atoms with E-state index in [-0.39, 0.29) is 17.4 Å². The monoisotopic (exact) mass is 533 g/mol. The van der Waals surface area contributed by atoms with Gasteiger partial charge in [0.05, 0.1) is 0 Å². The highest BCUT2D eigenvalue weighted by atomic mass is 79.9. The van der Waals surface area contributed by atoms with Crippen molar-refractivity contribution < 1.29 is 4.57 Å². The maximum absolute atomic E-state index is 12.6. The molecule has 0 spiro atoms. The highest BCUT2D eigenvalue weighted by Crippen LogP contribution is 2.27. The predicted octanol–water partition coefficient (Wildman–Crippen LogP) is 5.68. The van der Waals surface area contributed by atoms with E-state index in [2.05, 4.69) is 63.0 Å². The van der Waals surface area contributed by atoms with Gasteiger partial charge in [-0.05, 0) is 61.4 Å². The molecule has 0 aliphatic carbocycles. The molecule has 0 heterocycles. The van der Waals surface area contributed by atoms with Crippen LogP contribution in [0.1, 0.15) is 29.5 Å². The van der Waals surface area contributed by atoms with Crippen molar-refractivity contribution in [2.45, 2.75) is 32.6 Å². The fourth-order valence-corrected chi connectivity index (χ4v) is 5.66. The summed E-state index contributed by atoms with van der Waals surface area (Å²) >= 11 is 7.25. The molecular weight excluding hydrogens is 510 g/mol. The molecule has 3 aromatic rings. The van der Waals surface area contributed by atoms with E-state index in [1.54, 1.807) is 0 Å². The average Bonchev–Trinajstić information content (AvgIpc) is 2.70. The Hall–Kier alpha value is -0.618. The predicted molar refractivity (Wildman–Crippen MR) is 133 cm³/mol. The molecule has 0 saturated carbocycles. The van der Waals surface area contributed by atoms with Crippen LogP contribution in [-0.4, -0.2) is 17.4 Å². The molecule has 0 amide bonds. The Kier molecular flexibility index (Phi) is 9.75. The molecule has 0 bridgehead atoms. The van der Waals surface area contributed by atoms with E-state index in [0.29, 0.717) is 0 Å². The third kappa shape index (κ3) is 6.45. The van der Waals surface area contributed by atoms with Crippen LogP contribution in [-0.2, 0) is 17.4 Å². The summed E-state index contributed by atoms with van der Waals surface area (Å²) < 4.78 is 15.0. The van der Waals surface area contributed by atoms with Crippen molar-refractivity contribution in [1.29, 1.82) is 0 Å². The van der Waals surface area contributed by atoms with Gasteiger partial charge in [0.25, 0.3) is 0 Å². The molecule has 3 aromatic carbocycles. The van der Waals surface area contributed by atoms with E-state index in [1.165, 1.54) is 16.7 Å². The number of hydrogen-bond acceptors (Lipinski definition) is 1. The van der Waals surface area contributed by atoms with Crippen LogP contribution in [0, 0.1) is 6.92 Å². The van der Waals surface area contributed by atoms with Crippen LogP contribution >= 0.6 is 39.7 Å². The zero-order valence-corrected chi connectivity index (χ0v) is 22.5. The van der Waals surface area contributed by atoms with Crippen LogP contribution in [0.3, 0.4) is 0 Å². The summed E-state index contributed by atoms with van der Waals surface area (Å²) in [5.74, 6) is 0. The Morgan fingerprint density at radius 2 is 1.25 bits per heavy atom. The van der Waals surface area contributed by atoms with Gasteiger partial charge in [-0.2, -0.15) is 0 Å². The molecular formula is C23H25AlBr2OP. The molecule has 1 nitrogen and oxygen atoms in total. The number of aryl methyl sites for hydroxylation is 2. The van der Waals surface area contributed by atoms with Crippen LogP contribution in [0.15, 0.2) is 75.7 Å². The Bertz CT molecular complexity index is 904. The van der Waals surface area contributed by atoms with Gasteiger partial charge in [-0.3, -0.25) is 0 Å². The maximum atomic E-state index is 12.6. The van der Waals surface area contributed by atoms with Crippen molar-refractivity contribution in [2.24, 2.45) is 0 Å². The average molecular weight is 535 g/mol. The minimum Gasteiger partial charge on any atom is -0.317 e. The first-order valence-corrected chi connectivity index (χ1v) is 12.2. The molecule has 28 heavy (non-hydrogen) atoms. The van der Waals surface area contributed by atoms with Crippen LogP contribution in [0.5, 0.6) is 0 Å². The van der Waals surface area contributed by atoms with E-state index in [9.17, 15) is 4.57 Å². The standard InChI is InChI=1S/C23H23Br2OP.Al.2H/c1-17-22(24)15-19(16-23(17)25)8-6-5-7-18-11-13-21(14-12-18)27(26)20-9-3-2-4-10-20;;;/h2-4,9-16,27H,5-8H2,1H3;;;. The fourth-order valence-electron chi connectivity index (χ4n) is 3.08. The second-order valence-corrected chi connectivity index (χ2v) is 10.3. The lowest BCUT2D eigenvalue weighted by Crippen LogP contribution is -2.06. The molecule has 0 N–H and O–H groups in total. The Morgan fingerprint density at radius 3 is 1.82 bits per heavy atom. The highest BCUT2D eigenvalue weighted by molar-refractivity contribution is 9.11. The molecule has 3 rings (SSSR count). The first-order chi connectivity index (χ1) is 13.0. The molecule has 0 saturated heterocycles. The first kappa shape index (κ1) is 23.7. The van der Waals surface area contributed by atoms with Crippen molar-refractivity contribution in [3.05, 3.63) is 92.4 Å².